The van der Waals surface area contributed by atoms with Crippen LogP contribution in [0.3, 0.4) is 0 Å². The number of hydrogen-bond acceptors (Lipinski definition) is 4. The second-order valence-electron chi connectivity index (χ2n) is 6.27. The Labute approximate surface area is 147 Å². The minimum Gasteiger partial charge on any atom is -0.450 e. The van der Waals surface area contributed by atoms with Crippen molar-refractivity contribution in [2.75, 3.05) is 0 Å². The third kappa shape index (κ3) is 1.71. The zero-order valence-electron chi connectivity index (χ0n) is 13.6. The van der Waals surface area contributed by atoms with E-state index in [1.54, 1.807) is 6.33 Å². The molecule has 6 aromatic rings. The van der Waals surface area contributed by atoms with E-state index in [2.05, 4.69) is 28.4 Å². The highest BCUT2D eigenvalue weighted by molar-refractivity contribution is 6.19. The Morgan fingerprint density at radius 2 is 1.65 bits per heavy atom. The second-order valence-corrected chi connectivity index (χ2v) is 6.27. The van der Waals surface area contributed by atoms with Gasteiger partial charge in [-0.3, -0.25) is 4.40 Å². The van der Waals surface area contributed by atoms with Crippen LogP contribution in [0.2, 0.25) is 0 Å². The first-order valence-electron chi connectivity index (χ1n) is 8.39. The molecule has 5 heteroatoms. The summed E-state index contributed by atoms with van der Waals surface area (Å²) in [6.07, 6.45) is 1.77. The SMILES string of the molecule is c1ccc(-c2nnc3c4oc5ccc6ccccc6c5c4ncn23)cc1. The lowest BCUT2D eigenvalue weighted by atomic mass is 10.1. The van der Waals surface area contributed by atoms with Crippen molar-refractivity contribution in [3.63, 3.8) is 0 Å². The fraction of sp³-hybridized carbons (Fsp3) is 0. The molecule has 0 spiro atoms. The molecular formula is C21H12N4O. The third-order valence-corrected chi connectivity index (χ3v) is 4.79. The summed E-state index contributed by atoms with van der Waals surface area (Å²) in [6, 6.07) is 22.3. The lowest BCUT2D eigenvalue weighted by Crippen LogP contribution is -1.91. The van der Waals surface area contributed by atoms with Gasteiger partial charge in [0.15, 0.2) is 11.4 Å². The first-order valence-corrected chi connectivity index (χ1v) is 8.39. The summed E-state index contributed by atoms with van der Waals surface area (Å²) in [5.41, 5.74) is 3.95. The van der Waals surface area contributed by atoms with E-state index in [1.807, 2.05) is 52.9 Å². The zero-order valence-corrected chi connectivity index (χ0v) is 13.6. The predicted octanol–water partition coefficient (Wildman–Crippen LogP) is 4.84. The molecule has 26 heavy (non-hydrogen) atoms. The zero-order chi connectivity index (χ0) is 17.1. The van der Waals surface area contributed by atoms with Crippen LogP contribution in [-0.4, -0.2) is 19.6 Å². The van der Waals surface area contributed by atoms with E-state index in [4.69, 9.17) is 9.40 Å². The van der Waals surface area contributed by atoms with Crippen LogP contribution >= 0.6 is 0 Å². The highest BCUT2D eigenvalue weighted by Crippen LogP contribution is 2.35. The van der Waals surface area contributed by atoms with Gasteiger partial charge < -0.3 is 4.42 Å². The maximum Gasteiger partial charge on any atom is 0.207 e. The number of nitrogens with zero attached hydrogens (tertiary/aromatic N) is 4. The summed E-state index contributed by atoms with van der Waals surface area (Å²) >= 11 is 0. The van der Waals surface area contributed by atoms with E-state index in [-0.39, 0.29) is 0 Å². The van der Waals surface area contributed by atoms with Crippen molar-refractivity contribution in [2.24, 2.45) is 0 Å². The summed E-state index contributed by atoms with van der Waals surface area (Å²) in [6.45, 7) is 0. The van der Waals surface area contributed by atoms with Gasteiger partial charge in [-0.25, -0.2) is 4.98 Å². The first kappa shape index (κ1) is 13.5. The molecule has 0 bridgehead atoms. The van der Waals surface area contributed by atoms with Gasteiger partial charge in [0, 0.05) is 5.56 Å². The summed E-state index contributed by atoms with van der Waals surface area (Å²) < 4.78 is 8.01. The molecule has 0 fully saturated rings. The van der Waals surface area contributed by atoms with Gasteiger partial charge in [0.1, 0.15) is 17.4 Å². The van der Waals surface area contributed by atoms with Crippen LogP contribution in [0.25, 0.3) is 49.9 Å². The van der Waals surface area contributed by atoms with Gasteiger partial charge in [-0.05, 0) is 16.8 Å². The van der Waals surface area contributed by atoms with Gasteiger partial charge in [0.05, 0.1) is 5.39 Å². The van der Waals surface area contributed by atoms with Crippen LogP contribution in [0.1, 0.15) is 0 Å². The van der Waals surface area contributed by atoms with Crippen LogP contribution in [0.5, 0.6) is 0 Å². The molecule has 0 atom stereocenters. The highest BCUT2D eigenvalue weighted by atomic mass is 16.3. The molecule has 6 rings (SSSR count). The average Bonchev–Trinajstić information content (AvgIpc) is 3.30. The predicted molar refractivity (Wildman–Crippen MR) is 101 cm³/mol. The minimum atomic E-state index is 0.661. The molecule has 0 saturated heterocycles. The van der Waals surface area contributed by atoms with E-state index in [9.17, 15) is 0 Å². The third-order valence-electron chi connectivity index (χ3n) is 4.79. The molecule has 3 aromatic carbocycles. The summed E-state index contributed by atoms with van der Waals surface area (Å²) in [5, 5.41) is 12.0. The molecule has 122 valence electrons. The number of rotatable bonds is 1. The molecule has 0 unspecified atom stereocenters. The fourth-order valence-electron chi connectivity index (χ4n) is 3.58. The molecule has 3 aromatic heterocycles. The van der Waals surface area contributed by atoms with Crippen molar-refractivity contribution < 1.29 is 4.42 Å². The minimum absolute atomic E-state index is 0.661. The summed E-state index contributed by atoms with van der Waals surface area (Å²) in [4.78, 5) is 4.70. The van der Waals surface area contributed by atoms with Gasteiger partial charge in [0.2, 0.25) is 5.65 Å². The fourth-order valence-corrected chi connectivity index (χ4v) is 3.58. The van der Waals surface area contributed by atoms with Crippen LogP contribution < -0.4 is 0 Å². The van der Waals surface area contributed by atoms with Gasteiger partial charge in [-0.15, -0.1) is 10.2 Å². The molecule has 0 N–H and O–H groups in total. The van der Waals surface area contributed by atoms with Crippen molar-refractivity contribution in [1.82, 2.24) is 19.6 Å². The molecule has 0 radical (unpaired) electrons. The quantitative estimate of drug-likeness (QED) is 0.431. The Morgan fingerprint density at radius 1 is 0.808 bits per heavy atom. The van der Waals surface area contributed by atoms with Crippen molar-refractivity contribution in [1.29, 1.82) is 0 Å². The van der Waals surface area contributed by atoms with E-state index in [0.29, 0.717) is 11.2 Å². The van der Waals surface area contributed by atoms with E-state index in [1.165, 1.54) is 0 Å². The molecule has 0 aliphatic carbocycles. The number of furan rings is 1. The van der Waals surface area contributed by atoms with E-state index >= 15 is 0 Å². The normalized spacial score (nSPS) is 11.8. The molecule has 0 aliphatic rings. The van der Waals surface area contributed by atoms with Crippen LogP contribution in [0.15, 0.2) is 77.5 Å². The van der Waals surface area contributed by atoms with Crippen LogP contribution in [-0.2, 0) is 0 Å². The van der Waals surface area contributed by atoms with Crippen LogP contribution in [0.4, 0.5) is 0 Å². The van der Waals surface area contributed by atoms with Crippen molar-refractivity contribution in [3.05, 3.63) is 73.1 Å². The van der Waals surface area contributed by atoms with Gasteiger partial charge in [0.25, 0.3) is 0 Å². The van der Waals surface area contributed by atoms with Crippen LogP contribution in [0, 0.1) is 0 Å². The Bertz CT molecular complexity index is 1430. The number of aromatic nitrogens is 4. The van der Waals surface area contributed by atoms with Crippen molar-refractivity contribution >= 4 is 38.5 Å². The topological polar surface area (TPSA) is 56.2 Å². The largest absolute Gasteiger partial charge is 0.450 e. The van der Waals surface area contributed by atoms with Gasteiger partial charge >= 0.3 is 0 Å². The number of hydrogen-bond donors (Lipinski definition) is 0. The Kier molecular flexibility index (Phi) is 2.55. The van der Waals surface area contributed by atoms with Crippen molar-refractivity contribution in [3.8, 4) is 11.4 Å². The maximum atomic E-state index is 6.14. The Morgan fingerprint density at radius 3 is 2.58 bits per heavy atom. The molecule has 0 saturated carbocycles. The molecule has 5 nitrogen and oxygen atoms in total. The summed E-state index contributed by atoms with van der Waals surface area (Å²) in [5.74, 6) is 0.750. The first-order chi connectivity index (χ1) is 12.9. The van der Waals surface area contributed by atoms with E-state index in [0.717, 1.165) is 38.6 Å². The molecular weight excluding hydrogens is 324 g/mol. The Balaban J connectivity index is 1.75. The second kappa shape index (κ2) is 4.89. The molecule has 0 aliphatic heterocycles. The monoisotopic (exact) mass is 336 g/mol. The lowest BCUT2D eigenvalue weighted by Gasteiger charge is -2.00. The molecule has 0 amide bonds. The smallest absolute Gasteiger partial charge is 0.207 e. The summed E-state index contributed by atoms with van der Waals surface area (Å²) in [7, 11) is 0. The molecule has 3 heterocycles. The number of benzene rings is 3. The highest BCUT2D eigenvalue weighted by Gasteiger charge is 2.18. The average molecular weight is 336 g/mol. The van der Waals surface area contributed by atoms with Gasteiger partial charge in [-0.2, -0.15) is 0 Å². The Hall–Kier alpha value is -3.73. The van der Waals surface area contributed by atoms with E-state index < -0.39 is 0 Å². The van der Waals surface area contributed by atoms with Gasteiger partial charge in [-0.1, -0.05) is 60.7 Å². The standard InChI is InChI=1S/C21H12N4O/c1-2-7-14(8-3-1)20-23-24-21-19-18(22-12-25(20)21)17-15-9-5-4-6-13(15)10-11-16(17)26-19/h1-12H. The van der Waals surface area contributed by atoms with Crippen molar-refractivity contribution in [2.45, 2.75) is 0 Å². The lowest BCUT2D eigenvalue weighted by molar-refractivity contribution is 0.668. The maximum absolute atomic E-state index is 6.14. The number of fused-ring (bicyclic) bond motifs is 7.